The summed E-state index contributed by atoms with van der Waals surface area (Å²) in [6.07, 6.45) is 0.122. The molecule has 0 heterocycles. The molecule has 1 rings (SSSR count). The van der Waals surface area contributed by atoms with E-state index in [-0.39, 0.29) is 18.8 Å². The average molecular weight is 288 g/mol. The van der Waals surface area contributed by atoms with Crippen LogP contribution in [0.15, 0.2) is 12.1 Å². The van der Waals surface area contributed by atoms with Crippen molar-refractivity contribution in [3.05, 3.63) is 17.7 Å². The Morgan fingerprint density at radius 1 is 1.25 bits per heavy atom. The lowest BCUT2D eigenvalue weighted by atomic mass is 10.2. The minimum absolute atomic E-state index is 0.00347. The highest BCUT2D eigenvalue weighted by Crippen LogP contribution is 2.35. The van der Waals surface area contributed by atoms with Gasteiger partial charge in [0.05, 0.1) is 24.9 Å². The maximum atomic E-state index is 11.3. The number of benzene rings is 1. The van der Waals surface area contributed by atoms with Crippen LogP contribution in [-0.4, -0.2) is 50.8 Å². The van der Waals surface area contributed by atoms with E-state index in [0.29, 0.717) is 6.42 Å². The zero-order chi connectivity index (χ0) is 15.7. The van der Waals surface area contributed by atoms with Gasteiger partial charge in [0.15, 0.2) is 17.2 Å². The lowest BCUT2D eigenvalue weighted by molar-refractivity contribution is 0.0504. The third kappa shape index (κ3) is 6.26. The van der Waals surface area contributed by atoms with Gasteiger partial charge in [0, 0.05) is 0 Å². The Morgan fingerprint density at radius 3 is 2.05 bits per heavy atom. The fourth-order valence-electron chi connectivity index (χ4n) is 1.00. The van der Waals surface area contributed by atoms with Crippen LogP contribution < -0.4 is 0 Å². The lowest BCUT2D eigenvalue weighted by Crippen LogP contribution is -2.05. The largest absolute Gasteiger partial charge is 0.504 e. The number of phenolic OH excluding ortho intramolecular Hbond substituents is 3. The molecule has 1 aromatic carbocycles. The first-order valence-electron chi connectivity index (χ1n) is 6.04. The number of aromatic hydroxyl groups is 3. The summed E-state index contributed by atoms with van der Waals surface area (Å²) in [5.41, 5.74) is -0.00347. The number of hydrogen-bond acceptors (Lipinski definition) is 7. The molecule has 0 fully saturated rings. The summed E-state index contributed by atoms with van der Waals surface area (Å²) in [6.45, 7) is 3.50. The van der Waals surface area contributed by atoms with E-state index in [1.54, 1.807) is 0 Å². The Bertz CT molecular complexity index is 406. The predicted molar refractivity (Wildman–Crippen MR) is 70.8 cm³/mol. The van der Waals surface area contributed by atoms with Gasteiger partial charge < -0.3 is 30.3 Å². The molecular formula is C13H20O7. The maximum absolute atomic E-state index is 11.3. The van der Waals surface area contributed by atoms with E-state index >= 15 is 0 Å². The van der Waals surface area contributed by atoms with Crippen molar-refractivity contribution in [3.63, 3.8) is 0 Å². The Kier molecular flexibility index (Phi) is 8.10. The second kappa shape index (κ2) is 9.00. The van der Waals surface area contributed by atoms with Crippen molar-refractivity contribution in [2.75, 3.05) is 13.2 Å². The van der Waals surface area contributed by atoms with Crippen LogP contribution >= 0.6 is 0 Å². The van der Waals surface area contributed by atoms with Crippen LogP contribution in [0.5, 0.6) is 17.2 Å². The first-order valence-corrected chi connectivity index (χ1v) is 6.04. The monoisotopic (exact) mass is 288 g/mol. The molecule has 0 bridgehead atoms. The van der Waals surface area contributed by atoms with Crippen molar-refractivity contribution >= 4 is 5.97 Å². The molecule has 5 N–H and O–H groups in total. The SMILES string of the molecule is CC(O)CO.CCCOC(=O)c1cc(O)c(O)c(O)c1. The standard InChI is InChI=1S/C10H12O5.C3H8O2/c1-2-3-15-10(14)6-4-7(11)9(13)8(12)5-6;1-3(5)2-4/h4-5,11-13H,2-3H2,1H3;3-5H,2H2,1H3. The molecule has 0 aliphatic rings. The Labute approximate surface area is 116 Å². The van der Waals surface area contributed by atoms with Crippen LogP contribution in [0.2, 0.25) is 0 Å². The van der Waals surface area contributed by atoms with Gasteiger partial charge in [-0.25, -0.2) is 4.79 Å². The zero-order valence-corrected chi connectivity index (χ0v) is 11.4. The molecule has 0 saturated heterocycles. The van der Waals surface area contributed by atoms with Crippen molar-refractivity contribution in [3.8, 4) is 17.2 Å². The summed E-state index contributed by atoms with van der Waals surface area (Å²) in [5.74, 6) is -2.42. The molecule has 114 valence electrons. The number of aliphatic hydroxyl groups excluding tert-OH is 2. The molecular weight excluding hydrogens is 268 g/mol. The molecule has 0 aliphatic carbocycles. The first-order chi connectivity index (χ1) is 9.33. The van der Waals surface area contributed by atoms with E-state index < -0.39 is 29.3 Å². The summed E-state index contributed by atoms with van der Waals surface area (Å²) in [6, 6.07) is 2.07. The number of ether oxygens (including phenoxy) is 1. The highest BCUT2D eigenvalue weighted by atomic mass is 16.5. The average Bonchev–Trinajstić information content (AvgIpc) is 2.42. The summed E-state index contributed by atoms with van der Waals surface area (Å²) in [7, 11) is 0. The Morgan fingerprint density at radius 2 is 1.70 bits per heavy atom. The van der Waals surface area contributed by atoms with Crippen LogP contribution in [-0.2, 0) is 4.74 Å². The van der Waals surface area contributed by atoms with Crippen LogP contribution in [0.3, 0.4) is 0 Å². The van der Waals surface area contributed by atoms with Crippen molar-refractivity contribution < 1.29 is 35.1 Å². The van der Waals surface area contributed by atoms with Gasteiger partial charge in [-0.05, 0) is 25.5 Å². The quantitative estimate of drug-likeness (QED) is 0.408. The number of carbonyl (C=O) groups excluding carboxylic acids is 1. The van der Waals surface area contributed by atoms with Crippen LogP contribution in [0.4, 0.5) is 0 Å². The second-order valence-corrected chi connectivity index (χ2v) is 4.03. The fraction of sp³-hybridized carbons (Fsp3) is 0.462. The number of carbonyl (C=O) groups is 1. The second-order valence-electron chi connectivity index (χ2n) is 4.03. The number of phenols is 3. The minimum Gasteiger partial charge on any atom is -0.504 e. The zero-order valence-electron chi connectivity index (χ0n) is 11.4. The predicted octanol–water partition coefficient (Wildman–Crippen LogP) is 0.730. The van der Waals surface area contributed by atoms with E-state index in [9.17, 15) is 4.79 Å². The van der Waals surface area contributed by atoms with Crippen molar-refractivity contribution in [1.82, 2.24) is 0 Å². The highest BCUT2D eigenvalue weighted by Gasteiger charge is 2.13. The van der Waals surface area contributed by atoms with Gasteiger partial charge in [-0.3, -0.25) is 0 Å². The molecule has 0 spiro atoms. The third-order valence-corrected chi connectivity index (χ3v) is 2.01. The molecule has 0 amide bonds. The van der Waals surface area contributed by atoms with Gasteiger partial charge in [0.2, 0.25) is 0 Å². The van der Waals surface area contributed by atoms with E-state index in [1.807, 2.05) is 6.92 Å². The van der Waals surface area contributed by atoms with Gasteiger partial charge in [0.25, 0.3) is 0 Å². The van der Waals surface area contributed by atoms with Crippen molar-refractivity contribution in [2.24, 2.45) is 0 Å². The number of hydrogen-bond donors (Lipinski definition) is 5. The summed E-state index contributed by atoms with van der Waals surface area (Å²) < 4.78 is 4.78. The van der Waals surface area contributed by atoms with E-state index in [2.05, 4.69) is 0 Å². The highest BCUT2D eigenvalue weighted by molar-refractivity contribution is 5.91. The molecule has 0 aromatic heterocycles. The fourth-order valence-corrected chi connectivity index (χ4v) is 1.00. The van der Waals surface area contributed by atoms with Crippen LogP contribution in [0.25, 0.3) is 0 Å². The normalized spacial score (nSPS) is 11.2. The van der Waals surface area contributed by atoms with Crippen molar-refractivity contribution in [1.29, 1.82) is 0 Å². The van der Waals surface area contributed by atoms with Gasteiger partial charge >= 0.3 is 5.97 Å². The van der Waals surface area contributed by atoms with Crippen LogP contribution in [0.1, 0.15) is 30.6 Å². The minimum atomic E-state index is -0.651. The van der Waals surface area contributed by atoms with E-state index in [0.717, 1.165) is 12.1 Å². The van der Waals surface area contributed by atoms with Gasteiger partial charge in [-0.15, -0.1) is 0 Å². The molecule has 20 heavy (non-hydrogen) atoms. The molecule has 7 nitrogen and oxygen atoms in total. The molecule has 0 saturated carbocycles. The van der Waals surface area contributed by atoms with Crippen molar-refractivity contribution in [2.45, 2.75) is 26.4 Å². The molecule has 1 unspecified atom stereocenters. The van der Waals surface area contributed by atoms with E-state index in [1.165, 1.54) is 6.92 Å². The van der Waals surface area contributed by atoms with Gasteiger partial charge in [-0.2, -0.15) is 0 Å². The smallest absolute Gasteiger partial charge is 0.338 e. The summed E-state index contributed by atoms with van der Waals surface area (Å²) >= 11 is 0. The Balaban J connectivity index is 0.000000621. The number of rotatable bonds is 4. The summed E-state index contributed by atoms with van der Waals surface area (Å²) in [5, 5.41) is 43.3. The first kappa shape index (κ1) is 18.0. The van der Waals surface area contributed by atoms with E-state index in [4.69, 9.17) is 30.3 Å². The maximum Gasteiger partial charge on any atom is 0.338 e. The summed E-state index contributed by atoms with van der Waals surface area (Å²) in [4.78, 5) is 11.3. The third-order valence-electron chi connectivity index (χ3n) is 2.01. The molecule has 0 aliphatic heterocycles. The number of aliphatic hydroxyl groups is 2. The molecule has 7 heteroatoms. The Hall–Kier alpha value is -1.99. The van der Waals surface area contributed by atoms with Gasteiger partial charge in [-0.1, -0.05) is 6.92 Å². The number of esters is 1. The van der Waals surface area contributed by atoms with Gasteiger partial charge in [0.1, 0.15) is 0 Å². The van der Waals surface area contributed by atoms with Crippen LogP contribution in [0, 0.1) is 0 Å². The topological polar surface area (TPSA) is 127 Å². The molecule has 1 atom stereocenters. The lowest BCUT2D eigenvalue weighted by Gasteiger charge is -2.05. The molecule has 0 radical (unpaired) electrons. The molecule has 1 aromatic rings.